The van der Waals surface area contributed by atoms with Crippen molar-refractivity contribution in [2.24, 2.45) is 5.92 Å². The molecular formula is C20H20ClFN4O2. The lowest BCUT2D eigenvalue weighted by Crippen LogP contribution is -2.19. The summed E-state index contributed by atoms with van der Waals surface area (Å²) in [6.45, 7) is 2.03. The van der Waals surface area contributed by atoms with E-state index < -0.39 is 4.92 Å². The van der Waals surface area contributed by atoms with Gasteiger partial charge in [-0.25, -0.2) is 9.37 Å². The van der Waals surface area contributed by atoms with E-state index >= 15 is 0 Å². The standard InChI is InChI=1S/C20H20ClFN4O2/c1-11(19-24-18(21)20(25-19)26(27)28)12-2-4-13(5-3-12)15-8-9-23-17-7-6-14(22)10-16(15)17/h6-13H,2-5H2,1H3,(H,24,25). The SMILES string of the molecule is CC(c1nc(Cl)c([N+](=O)[O-])[nH]1)C1CCC(c2ccnc3ccc(F)cc23)CC1. The van der Waals surface area contributed by atoms with Gasteiger partial charge in [0.25, 0.3) is 0 Å². The number of pyridine rings is 1. The van der Waals surface area contributed by atoms with Crippen LogP contribution in [-0.4, -0.2) is 19.9 Å². The van der Waals surface area contributed by atoms with E-state index in [9.17, 15) is 14.5 Å². The molecule has 0 amide bonds. The Morgan fingerprint density at radius 2 is 2.04 bits per heavy atom. The van der Waals surface area contributed by atoms with Crippen LogP contribution in [0.2, 0.25) is 5.15 Å². The Morgan fingerprint density at radius 3 is 2.71 bits per heavy atom. The van der Waals surface area contributed by atoms with Crippen LogP contribution in [0.4, 0.5) is 10.2 Å². The highest BCUT2D eigenvalue weighted by Gasteiger charge is 2.32. The number of aromatic amines is 1. The molecule has 0 aliphatic heterocycles. The normalized spacial score (nSPS) is 21.0. The zero-order valence-corrected chi connectivity index (χ0v) is 16.1. The Balaban J connectivity index is 1.50. The third-order valence-corrected chi connectivity index (χ3v) is 6.19. The van der Waals surface area contributed by atoms with Gasteiger partial charge in [-0.3, -0.25) is 4.98 Å². The molecule has 28 heavy (non-hydrogen) atoms. The van der Waals surface area contributed by atoms with E-state index in [2.05, 4.69) is 15.0 Å². The number of rotatable bonds is 4. The van der Waals surface area contributed by atoms with Crippen molar-refractivity contribution in [1.29, 1.82) is 0 Å². The maximum Gasteiger partial charge on any atom is 0.359 e. The van der Waals surface area contributed by atoms with Crippen LogP contribution in [0, 0.1) is 21.8 Å². The minimum atomic E-state index is -0.546. The molecule has 8 heteroatoms. The third-order valence-electron chi connectivity index (χ3n) is 5.93. The average molecular weight is 403 g/mol. The third kappa shape index (κ3) is 3.46. The minimum absolute atomic E-state index is 0.0544. The molecule has 146 valence electrons. The van der Waals surface area contributed by atoms with Gasteiger partial charge in [-0.1, -0.05) is 18.5 Å². The number of benzene rings is 1. The molecular weight excluding hydrogens is 383 g/mol. The molecule has 1 atom stereocenters. The Hall–Kier alpha value is -2.54. The van der Waals surface area contributed by atoms with E-state index in [1.165, 1.54) is 6.07 Å². The fourth-order valence-electron chi connectivity index (χ4n) is 4.35. The van der Waals surface area contributed by atoms with Crippen molar-refractivity contribution in [2.45, 2.75) is 44.4 Å². The highest BCUT2D eigenvalue weighted by atomic mass is 35.5. The summed E-state index contributed by atoms with van der Waals surface area (Å²) in [4.78, 5) is 21.7. The number of halogens is 2. The van der Waals surface area contributed by atoms with Crippen molar-refractivity contribution in [1.82, 2.24) is 15.0 Å². The van der Waals surface area contributed by atoms with E-state index in [-0.39, 0.29) is 22.7 Å². The fraction of sp³-hybridized carbons (Fsp3) is 0.400. The van der Waals surface area contributed by atoms with Crippen LogP contribution in [0.3, 0.4) is 0 Å². The van der Waals surface area contributed by atoms with Gasteiger partial charge in [0.05, 0.1) is 5.52 Å². The van der Waals surface area contributed by atoms with Crippen LogP contribution in [0.15, 0.2) is 30.5 Å². The van der Waals surface area contributed by atoms with Crippen LogP contribution in [0.1, 0.15) is 55.8 Å². The molecule has 3 aromatic rings. The van der Waals surface area contributed by atoms with Gasteiger partial charge >= 0.3 is 5.82 Å². The predicted octanol–water partition coefficient (Wildman–Crippen LogP) is 5.74. The molecule has 1 unspecified atom stereocenters. The molecule has 1 aromatic carbocycles. The van der Waals surface area contributed by atoms with Crippen molar-refractivity contribution < 1.29 is 9.31 Å². The van der Waals surface area contributed by atoms with Crippen molar-refractivity contribution in [3.63, 3.8) is 0 Å². The summed E-state index contributed by atoms with van der Waals surface area (Å²) in [6.07, 6.45) is 5.67. The van der Waals surface area contributed by atoms with E-state index in [0.29, 0.717) is 17.7 Å². The van der Waals surface area contributed by atoms with Crippen LogP contribution >= 0.6 is 11.6 Å². The van der Waals surface area contributed by atoms with Gasteiger partial charge in [0, 0.05) is 17.5 Å². The second-order valence-electron chi connectivity index (χ2n) is 7.48. The lowest BCUT2D eigenvalue weighted by Gasteiger charge is -2.31. The van der Waals surface area contributed by atoms with E-state index in [4.69, 9.17) is 11.6 Å². The Morgan fingerprint density at radius 1 is 1.29 bits per heavy atom. The van der Waals surface area contributed by atoms with E-state index in [1.54, 1.807) is 18.3 Å². The number of nitro groups is 1. The number of hydrogen-bond acceptors (Lipinski definition) is 4. The summed E-state index contributed by atoms with van der Waals surface area (Å²) in [6, 6.07) is 6.71. The average Bonchev–Trinajstić information content (AvgIpc) is 3.09. The van der Waals surface area contributed by atoms with Gasteiger partial charge in [0.1, 0.15) is 5.82 Å². The monoisotopic (exact) mass is 402 g/mol. The lowest BCUT2D eigenvalue weighted by atomic mass is 9.73. The second kappa shape index (κ2) is 7.47. The van der Waals surface area contributed by atoms with Gasteiger partial charge in [0.2, 0.25) is 5.15 Å². The number of H-pyrrole nitrogens is 1. The molecule has 4 rings (SSSR count). The Bertz CT molecular complexity index is 1030. The molecule has 2 aromatic heterocycles. The van der Waals surface area contributed by atoms with Crippen LogP contribution in [0.5, 0.6) is 0 Å². The molecule has 1 saturated carbocycles. The molecule has 0 saturated heterocycles. The first kappa shape index (κ1) is 18.8. The number of nitrogens with zero attached hydrogens (tertiary/aromatic N) is 3. The summed E-state index contributed by atoms with van der Waals surface area (Å²) in [5.41, 5.74) is 1.96. The van der Waals surface area contributed by atoms with Crippen LogP contribution in [-0.2, 0) is 0 Å². The fourth-order valence-corrected chi connectivity index (χ4v) is 4.55. The van der Waals surface area contributed by atoms with Crippen LogP contribution in [0.25, 0.3) is 10.9 Å². The number of fused-ring (bicyclic) bond motifs is 1. The summed E-state index contributed by atoms with van der Waals surface area (Å²) >= 11 is 5.87. The van der Waals surface area contributed by atoms with Crippen molar-refractivity contribution in [3.8, 4) is 0 Å². The maximum atomic E-state index is 13.7. The molecule has 6 nitrogen and oxygen atoms in total. The van der Waals surface area contributed by atoms with Gasteiger partial charge in [-0.05, 0) is 72.3 Å². The first-order chi connectivity index (χ1) is 13.4. The number of imidazole rings is 1. The number of aromatic nitrogens is 3. The highest BCUT2D eigenvalue weighted by Crippen LogP contribution is 2.43. The number of nitrogens with one attached hydrogen (secondary N) is 1. The molecule has 0 bridgehead atoms. The van der Waals surface area contributed by atoms with Crippen LogP contribution < -0.4 is 0 Å². The highest BCUT2D eigenvalue weighted by molar-refractivity contribution is 6.31. The molecule has 1 fully saturated rings. The molecule has 2 heterocycles. The first-order valence-electron chi connectivity index (χ1n) is 9.38. The van der Waals surface area contributed by atoms with Gasteiger partial charge < -0.3 is 10.1 Å². The number of hydrogen-bond donors (Lipinski definition) is 1. The van der Waals surface area contributed by atoms with E-state index in [0.717, 1.165) is 42.1 Å². The van der Waals surface area contributed by atoms with Gasteiger partial charge in [-0.2, -0.15) is 4.98 Å². The summed E-state index contributed by atoms with van der Waals surface area (Å²) in [5.74, 6) is 0.839. The summed E-state index contributed by atoms with van der Waals surface area (Å²) < 4.78 is 13.7. The molecule has 1 aliphatic carbocycles. The Labute approximate surface area is 166 Å². The zero-order valence-electron chi connectivity index (χ0n) is 15.4. The molecule has 0 spiro atoms. The van der Waals surface area contributed by atoms with Gasteiger partial charge in [0.15, 0.2) is 5.82 Å². The summed E-state index contributed by atoms with van der Waals surface area (Å²) in [7, 11) is 0. The topological polar surface area (TPSA) is 84.7 Å². The smallest absolute Gasteiger partial charge is 0.358 e. The summed E-state index contributed by atoms with van der Waals surface area (Å²) in [5, 5.41) is 11.8. The molecule has 1 N–H and O–H groups in total. The van der Waals surface area contributed by atoms with Crippen molar-refractivity contribution in [3.05, 3.63) is 62.9 Å². The van der Waals surface area contributed by atoms with Crippen molar-refractivity contribution in [2.75, 3.05) is 0 Å². The van der Waals surface area contributed by atoms with Gasteiger partial charge in [-0.15, -0.1) is 0 Å². The largest absolute Gasteiger partial charge is 0.359 e. The molecule has 1 aliphatic rings. The predicted molar refractivity (Wildman–Crippen MR) is 105 cm³/mol. The van der Waals surface area contributed by atoms with Crippen molar-refractivity contribution >= 4 is 28.3 Å². The van der Waals surface area contributed by atoms with E-state index in [1.807, 2.05) is 13.0 Å². The minimum Gasteiger partial charge on any atom is -0.358 e. The zero-order chi connectivity index (χ0) is 19.8. The first-order valence-corrected chi connectivity index (χ1v) is 9.75. The molecule has 0 radical (unpaired) electrons. The lowest BCUT2D eigenvalue weighted by molar-refractivity contribution is -0.389. The maximum absolute atomic E-state index is 13.7. The second-order valence-corrected chi connectivity index (χ2v) is 7.84. The Kier molecular flexibility index (Phi) is 5.02. The quantitative estimate of drug-likeness (QED) is 0.445.